The van der Waals surface area contributed by atoms with Crippen LogP contribution in [0, 0.1) is 5.82 Å². The number of nitrogens with zero attached hydrogens (tertiary/aromatic N) is 4. The monoisotopic (exact) mass is 501 g/mol. The number of rotatable bonds is 7. The predicted octanol–water partition coefficient (Wildman–Crippen LogP) is 5.74. The molecule has 0 bridgehead atoms. The summed E-state index contributed by atoms with van der Waals surface area (Å²) in [7, 11) is 0. The van der Waals surface area contributed by atoms with E-state index in [9.17, 15) is 26.7 Å². The number of anilines is 1. The Hall–Kier alpha value is -2.37. The lowest BCUT2D eigenvalue weighted by Crippen LogP contribution is -2.21. The number of carbonyl (C=O) groups excluding carboxylic acids is 1. The molecule has 0 saturated heterocycles. The van der Waals surface area contributed by atoms with Crippen LogP contribution in [0.25, 0.3) is 0 Å². The van der Waals surface area contributed by atoms with Gasteiger partial charge in [0.15, 0.2) is 5.82 Å². The average molecular weight is 503 g/mol. The molecule has 1 N–H and O–H groups in total. The zero-order chi connectivity index (χ0) is 22.9. The summed E-state index contributed by atoms with van der Waals surface area (Å²) in [6.45, 7) is -0.961. The van der Waals surface area contributed by atoms with E-state index in [-0.39, 0.29) is 28.0 Å². The van der Waals surface area contributed by atoms with Gasteiger partial charge in [-0.25, -0.2) is 22.0 Å². The fraction of sp³-hybridized carbons (Fsp3) is 0.235. The zero-order valence-corrected chi connectivity index (χ0v) is 17.4. The van der Waals surface area contributed by atoms with E-state index in [1.54, 1.807) is 0 Å². The second-order valence-corrected chi connectivity index (χ2v) is 7.31. The number of aromatic nitrogens is 4. The molecule has 31 heavy (non-hydrogen) atoms. The quantitative estimate of drug-likeness (QED) is 0.419. The molecule has 0 aliphatic rings. The van der Waals surface area contributed by atoms with Crippen LogP contribution in [0.1, 0.15) is 29.8 Å². The number of nitrogens with one attached hydrogen (secondary N) is 1. The summed E-state index contributed by atoms with van der Waals surface area (Å²) in [5, 5.41) is 8.73. The van der Waals surface area contributed by atoms with Crippen LogP contribution < -0.4 is 5.32 Å². The molecule has 3 rings (SSSR count). The maximum Gasteiger partial charge on any atom is 0.283 e. The molecular formula is C17H11Cl3F5N5O. The Labute approximate surface area is 186 Å². The molecule has 0 fully saturated rings. The van der Waals surface area contributed by atoms with Crippen molar-refractivity contribution in [2.45, 2.75) is 25.9 Å². The van der Waals surface area contributed by atoms with Gasteiger partial charge >= 0.3 is 0 Å². The second-order valence-electron chi connectivity index (χ2n) is 6.12. The first-order valence-electron chi connectivity index (χ1n) is 8.36. The maximum absolute atomic E-state index is 13.9. The highest BCUT2D eigenvalue weighted by Crippen LogP contribution is 2.34. The lowest BCUT2D eigenvalue weighted by Gasteiger charge is -2.07. The minimum Gasteiger partial charge on any atom is -0.306 e. The third kappa shape index (κ3) is 5.10. The number of hydrogen-bond donors (Lipinski definition) is 1. The van der Waals surface area contributed by atoms with Gasteiger partial charge in [0.1, 0.15) is 28.8 Å². The number of amides is 1. The normalized spacial score (nSPS) is 11.5. The van der Waals surface area contributed by atoms with Crippen molar-refractivity contribution in [3.63, 3.8) is 0 Å². The van der Waals surface area contributed by atoms with Gasteiger partial charge in [0.05, 0.1) is 11.6 Å². The number of hydrogen-bond acceptors (Lipinski definition) is 3. The Bertz CT molecular complexity index is 1100. The Morgan fingerprint density at radius 3 is 2.39 bits per heavy atom. The molecule has 1 amide bonds. The van der Waals surface area contributed by atoms with Gasteiger partial charge in [0.2, 0.25) is 5.91 Å². The molecule has 166 valence electrons. The van der Waals surface area contributed by atoms with Crippen molar-refractivity contribution in [3.05, 3.63) is 62.2 Å². The zero-order valence-electron chi connectivity index (χ0n) is 15.1. The summed E-state index contributed by atoms with van der Waals surface area (Å²) < 4.78 is 67.7. The fourth-order valence-electron chi connectivity index (χ4n) is 2.66. The highest BCUT2D eigenvalue weighted by Gasteiger charge is 2.29. The van der Waals surface area contributed by atoms with Crippen LogP contribution in [0.5, 0.6) is 0 Å². The lowest BCUT2D eigenvalue weighted by molar-refractivity contribution is -0.117. The molecule has 0 aliphatic heterocycles. The molecule has 2 heterocycles. The SMILES string of the molecule is O=C(Cn1nc(C(F)F)c(Cl)c1C(F)F)Nc1nn(Cc2c(F)cccc2Cl)cc1Cl. The highest BCUT2D eigenvalue weighted by atomic mass is 35.5. The van der Waals surface area contributed by atoms with Crippen LogP contribution >= 0.6 is 34.8 Å². The van der Waals surface area contributed by atoms with E-state index in [1.165, 1.54) is 29.1 Å². The van der Waals surface area contributed by atoms with Gasteiger partial charge in [-0.05, 0) is 12.1 Å². The van der Waals surface area contributed by atoms with E-state index < -0.39 is 47.5 Å². The van der Waals surface area contributed by atoms with Gasteiger partial charge in [-0.1, -0.05) is 40.9 Å². The number of carbonyl (C=O) groups is 1. The van der Waals surface area contributed by atoms with Crippen LogP contribution in [-0.2, 0) is 17.9 Å². The van der Waals surface area contributed by atoms with Crippen LogP contribution in [-0.4, -0.2) is 25.5 Å². The summed E-state index contributed by atoms with van der Waals surface area (Å²) in [4.78, 5) is 12.2. The van der Waals surface area contributed by atoms with E-state index in [0.29, 0.717) is 4.68 Å². The van der Waals surface area contributed by atoms with Crippen molar-refractivity contribution in [1.29, 1.82) is 0 Å². The topological polar surface area (TPSA) is 64.7 Å². The van der Waals surface area contributed by atoms with Crippen molar-refractivity contribution >= 4 is 46.5 Å². The molecule has 6 nitrogen and oxygen atoms in total. The first kappa shape index (κ1) is 23.3. The molecule has 0 aliphatic carbocycles. The van der Waals surface area contributed by atoms with E-state index >= 15 is 0 Å². The van der Waals surface area contributed by atoms with Crippen LogP contribution in [0.4, 0.5) is 27.8 Å². The van der Waals surface area contributed by atoms with Crippen LogP contribution in [0.3, 0.4) is 0 Å². The number of alkyl halides is 4. The maximum atomic E-state index is 13.9. The second kappa shape index (κ2) is 9.41. The van der Waals surface area contributed by atoms with Crippen LogP contribution in [0.2, 0.25) is 15.1 Å². The van der Waals surface area contributed by atoms with Gasteiger partial charge in [0, 0.05) is 16.8 Å². The lowest BCUT2D eigenvalue weighted by atomic mass is 10.2. The van der Waals surface area contributed by atoms with Gasteiger partial charge < -0.3 is 5.32 Å². The molecule has 1 aromatic carbocycles. The molecule has 0 atom stereocenters. The molecule has 2 aromatic heterocycles. The molecular weight excluding hydrogens is 492 g/mol. The Morgan fingerprint density at radius 1 is 1.06 bits per heavy atom. The number of benzene rings is 1. The minimum absolute atomic E-state index is 0.0401. The van der Waals surface area contributed by atoms with Crippen molar-refractivity contribution in [3.8, 4) is 0 Å². The summed E-state index contributed by atoms with van der Waals surface area (Å²) in [5.41, 5.74) is -1.94. The van der Waals surface area contributed by atoms with E-state index in [2.05, 4.69) is 15.5 Å². The molecule has 3 aromatic rings. The third-order valence-electron chi connectivity index (χ3n) is 4.02. The Morgan fingerprint density at radius 2 is 1.77 bits per heavy atom. The van der Waals surface area contributed by atoms with Gasteiger partial charge in [0.25, 0.3) is 12.9 Å². The first-order chi connectivity index (χ1) is 14.6. The number of halogens is 8. The third-order valence-corrected chi connectivity index (χ3v) is 5.04. The summed E-state index contributed by atoms with van der Waals surface area (Å²) >= 11 is 17.5. The average Bonchev–Trinajstić information content (AvgIpc) is 3.17. The van der Waals surface area contributed by atoms with Crippen molar-refractivity contribution in [1.82, 2.24) is 19.6 Å². The Balaban J connectivity index is 1.77. The van der Waals surface area contributed by atoms with E-state index in [4.69, 9.17) is 34.8 Å². The summed E-state index contributed by atoms with van der Waals surface area (Å²) in [5.74, 6) is -1.67. The molecule has 0 unspecified atom stereocenters. The molecule has 0 spiro atoms. The molecule has 0 saturated carbocycles. The standard InChI is InChI=1S/C17H11Cl3F5N5O/c18-8-2-1-3-10(21)7(8)4-29-5-9(19)17(28-29)26-11(31)6-30-14(16(24)25)12(20)13(27-30)15(22)23/h1-3,5,15-16H,4,6H2,(H,26,28,31). The van der Waals surface area contributed by atoms with Crippen molar-refractivity contribution in [2.24, 2.45) is 0 Å². The smallest absolute Gasteiger partial charge is 0.283 e. The van der Waals surface area contributed by atoms with E-state index in [1.807, 2.05) is 0 Å². The van der Waals surface area contributed by atoms with E-state index in [0.717, 1.165) is 0 Å². The molecule has 0 radical (unpaired) electrons. The minimum atomic E-state index is -3.24. The van der Waals surface area contributed by atoms with Crippen LogP contribution in [0.15, 0.2) is 24.4 Å². The Kier molecular flexibility index (Phi) is 7.07. The van der Waals surface area contributed by atoms with Gasteiger partial charge in [-0.2, -0.15) is 10.2 Å². The van der Waals surface area contributed by atoms with Crippen molar-refractivity contribution < 1.29 is 26.7 Å². The van der Waals surface area contributed by atoms with Gasteiger partial charge in [-0.3, -0.25) is 14.2 Å². The highest BCUT2D eigenvalue weighted by molar-refractivity contribution is 6.33. The summed E-state index contributed by atoms with van der Waals surface area (Å²) in [6.07, 6.45) is -5.16. The van der Waals surface area contributed by atoms with Crippen molar-refractivity contribution in [2.75, 3.05) is 5.32 Å². The fourth-order valence-corrected chi connectivity index (χ4v) is 3.38. The molecule has 14 heteroatoms. The summed E-state index contributed by atoms with van der Waals surface area (Å²) in [6, 6.07) is 4.12. The first-order valence-corrected chi connectivity index (χ1v) is 9.50. The van der Waals surface area contributed by atoms with Gasteiger partial charge in [-0.15, -0.1) is 0 Å². The predicted molar refractivity (Wildman–Crippen MR) is 104 cm³/mol. The largest absolute Gasteiger partial charge is 0.306 e.